The Hall–Kier alpha value is -2.58. The lowest BCUT2D eigenvalue weighted by Gasteiger charge is -2.07. The molecule has 0 saturated carbocycles. The SMILES string of the molecule is O=C(O)c1cc(COc2c(F)c(F)cc(F)c2F)on1. The van der Waals surface area contributed by atoms with E-state index in [-0.39, 0.29) is 11.8 Å². The molecule has 0 aliphatic heterocycles. The van der Waals surface area contributed by atoms with Crippen LogP contribution in [0.15, 0.2) is 16.7 Å². The van der Waals surface area contributed by atoms with Crippen LogP contribution in [0.3, 0.4) is 0 Å². The van der Waals surface area contributed by atoms with Crippen LogP contribution in [-0.4, -0.2) is 16.2 Å². The fourth-order valence-corrected chi connectivity index (χ4v) is 1.30. The summed E-state index contributed by atoms with van der Waals surface area (Å²) in [4.78, 5) is 10.5. The molecule has 0 spiro atoms. The Morgan fingerprint density at radius 2 is 1.80 bits per heavy atom. The molecule has 0 aliphatic rings. The van der Waals surface area contributed by atoms with Crippen molar-refractivity contribution in [2.45, 2.75) is 6.61 Å². The highest BCUT2D eigenvalue weighted by Crippen LogP contribution is 2.27. The first kappa shape index (κ1) is 13.8. The first-order valence-electron chi connectivity index (χ1n) is 5.05. The molecule has 0 unspecified atom stereocenters. The zero-order chi connectivity index (χ0) is 14.9. The number of aromatic nitrogens is 1. The molecule has 0 amide bonds. The molecule has 0 radical (unpaired) electrons. The second-order valence-electron chi connectivity index (χ2n) is 3.57. The van der Waals surface area contributed by atoms with Gasteiger partial charge in [0.25, 0.3) is 0 Å². The third-order valence-corrected chi connectivity index (χ3v) is 2.21. The zero-order valence-corrected chi connectivity index (χ0v) is 9.49. The van der Waals surface area contributed by atoms with E-state index < -0.39 is 47.3 Å². The number of carboxylic acid groups (broad SMARTS) is 1. The van der Waals surface area contributed by atoms with Crippen LogP contribution in [0, 0.1) is 23.3 Å². The van der Waals surface area contributed by atoms with Gasteiger partial charge in [0.2, 0.25) is 11.6 Å². The number of carbonyl (C=O) groups is 1. The molecule has 5 nitrogen and oxygen atoms in total. The lowest BCUT2D eigenvalue weighted by molar-refractivity contribution is 0.0685. The second-order valence-corrected chi connectivity index (χ2v) is 3.57. The van der Waals surface area contributed by atoms with Crippen LogP contribution in [0.4, 0.5) is 17.6 Å². The highest BCUT2D eigenvalue weighted by molar-refractivity contribution is 5.85. The smallest absolute Gasteiger partial charge is 0.358 e. The maximum atomic E-state index is 13.2. The van der Waals surface area contributed by atoms with Gasteiger partial charge in [0.05, 0.1) is 0 Å². The van der Waals surface area contributed by atoms with Gasteiger partial charge in [-0.3, -0.25) is 0 Å². The molecule has 0 saturated heterocycles. The summed E-state index contributed by atoms with van der Waals surface area (Å²) in [5.41, 5.74) is -0.449. The number of rotatable bonds is 4. The molecule has 2 aromatic rings. The highest BCUT2D eigenvalue weighted by Gasteiger charge is 2.21. The number of hydrogen-bond acceptors (Lipinski definition) is 4. The van der Waals surface area contributed by atoms with Crippen LogP contribution in [0.1, 0.15) is 16.2 Å². The van der Waals surface area contributed by atoms with Crippen molar-refractivity contribution in [3.05, 3.63) is 46.9 Å². The molecule has 106 valence electrons. The van der Waals surface area contributed by atoms with Crippen LogP contribution < -0.4 is 4.74 Å². The molecule has 1 heterocycles. The van der Waals surface area contributed by atoms with Crippen LogP contribution in [0.2, 0.25) is 0 Å². The minimum atomic E-state index is -1.71. The number of hydrogen-bond donors (Lipinski definition) is 1. The maximum Gasteiger partial charge on any atom is 0.358 e. The van der Waals surface area contributed by atoms with Crippen LogP contribution >= 0.6 is 0 Å². The average Bonchev–Trinajstić information content (AvgIpc) is 2.85. The van der Waals surface area contributed by atoms with E-state index >= 15 is 0 Å². The summed E-state index contributed by atoms with van der Waals surface area (Å²) in [5.74, 6) is -9.50. The number of benzene rings is 1. The van der Waals surface area contributed by atoms with Gasteiger partial charge in [-0.05, 0) is 0 Å². The summed E-state index contributed by atoms with van der Waals surface area (Å²) < 4.78 is 61.3. The van der Waals surface area contributed by atoms with Crippen molar-refractivity contribution in [3.8, 4) is 5.75 Å². The number of nitrogens with zero attached hydrogens (tertiary/aromatic N) is 1. The number of aromatic carboxylic acids is 1. The van der Waals surface area contributed by atoms with Crippen molar-refractivity contribution in [2.75, 3.05) is 0 Å². The molecule has 0 bridgehead atoms. The first-order chi connectivity index (χ1) is 9.40. The monoisotopic (exact) mass is 291 g/mol. The average molecular weight is 291 g/mol. The van der Waals surface area contributed by atoms with Crippen molar-refractivity contribution in [1.82, 2.24) is 5.16 Å². The van der Waals surface area contributed by atoms with Gasteiger partial charge in [-0.1, -0.05) is 5.16 Å². The predicted octanol–water partition coefficient (Wildman–Crippen LogP) is 2.51. The van der Waals surface area contributed by atoms with Gasteiger partial charge >= 0.3 is 5.97 Å². The molecule has 20 heavy (non-hydrogen) atoms. The van der Waals surface area contributed by atoms with Crippen molar-refractivity contribution in [2.24, 2.45) is 0 Å². The third kappa shape index (κ3) is 2.56. The fourth-order valence-electron chi connectivity index (χ4n) is 1.30. The summed E-state index contributed by atoms with van der Waals surface area (Å²) in [6.07, 6.45) is 0. The van der Waals surface area contributed by atoms with E-state index in [1.54, 1.807) is 0 Å². The van der Waals surface area contributed by atoms with E-state index in [2.05, 4.69) is 14.4 Å². The maximum absolute atomic E-state index is 13.2. The Labute approximate surface area is 108 Å². The number of carboxylic acids is 1. The molecule has 1 aromatic carbocycles. The van der Waals surface area contributed by atoms with Gasteiger partial charge in [0, 0.05) is 12.1 Å². The second kappa shape index (κ2) is 5.19. The normalized spacial score (nSPS) is 10.6. The van der Waals surface area contributed by atoms with E-state index in [0.29, 0.717) is 0 Å². The third-order valence-electron chi connectivity index (χ3n) is 2.21. The topological polar surface area (TPSA) is 72.6 Å². The van der Waals surface area contributed by atoms with Crippen molar-refractivity contribution < 1.29 is 36.7 Å². The van der Waals surface area contributed by atoms with Gasteiger partial charge in [-0.15, -0.1) is 0 Å². The number of halogens is 4. The molecule has 1 aromatic heterocycles. The summed E-state index contributed by atoms with van der Waals surface area (Å²) in [6.45, 7) is -0.656. The van der Waals surface area contributed by atoms with Crippen molar-refractivity contribution in [1.29, 1.82) is 0 Å². The minimum absolute atomic E-state index is 0.0362. The van der Waals surface area contributed by atoms with Crippen molar-refractivity contribution >= 4 is 5.97 Å². The molecule has 0 aliphatic carbocycles. The van der Waals surface area contributed by atoms with Gasteiger partial charge in [-0.2, -0.15) is 8.78 Å². The molecule has 1 N–H and O–H groups in total. The Morgan fingerprint density at radius 1 is 1.20 bits per heavy atom. The molecule has 2 rings (SSSR count). The van der Waals surface area contributed by atoms with E-state index in [1.807, 2.05) is 0 Å². The van der Waals surface area contributed by atoms with Crippen LogP contribution in [0.5, 0.6) is 5.75 Å². The van der Waals surface area contributed by atoms with Crippen LogP contribution in [-0.2, 0) is 6.61 Å². The standard InChI is InChI=1S/C11H5F4NO4/c12-5-2-6(13)9(15)10(8(5)14)19-3-4-1-7(11(17)18)16-20-4/h1-2H,3H2,(H,17,18). The Balaban J connectivity index is 2.20. The van der Waals surface area contributed by atoms with E-state index in [4.69, 9.17) is 5.11 Å². The Kier molecular flexibility index (Phi) is 3.59. The van der Waals surface area contributed by atoms with Crippen molar-refractivity contribution in [3.63, 3.8) is 0 Å². The Morgan fingerprint density at radius 3 is 2.30 bits per heavy atom. The fraction of sp³-hybridized carbons (Fsp3) is 0.0909. The molecular formula is C11H5F4NO4. The van der Waals surface area contributed by atoms with Gasteiger partial charge in [0.15, 0.2) is 28.8 Å². The predicted molar refractivity (Wildman–Crippen MR) is 54.1 cm³/mol. The zero-order valence-electron chi connectivity index (χ0n) is 9.49. The van der Waals surface area contributed by atoms with E-state index in [1.165, 1.54) is 0 Å². The molecular weight excluding hydrogens is 286 g/mol. The quantitative estimate of drug-likeness (QED) is 0.692. The summed E-state index contributed by atoms with van der Waals surface area (Å²) in [6, 6.07) is 0.975. The lowest BCUT2D eigenvalue weighted by Crippen LogP contribution is -2.03. The van der Waals surface area contributed by atoms with Gasteiger partial charge in [-0.25, -0.2) is 13.6 Å². The first-order valence-corrected chi connectivity index (χ1v) is 5.05. The van der Waals surface area contributed by atoms with Gasteiger partial charge < -0.3 is 14.4 Å². The highest BCUT2D eigenvalue weighted by atomic mass is 19.2. The minimum Gasteiger partial charge on any atom is -0.479 e. The summed E-state index contributed by atoms with van der Waals surface area (Å²) in [5, 5.41) is 11.7. The lowest BCUT2D eigenvalue weighted by atomic mass is 10.3. The van der Waals surface area contributed by atoms with Crippen LogP contribution in [0.25, 0.3) is 0 Å². The largest absolute Gasteiger partial charge is 0.479 e. The van der Waals surface area contributed by atoms with Gasteiger partial charge in [0.1, 0.15) is 6.61 Å². The molecule has 0 fully saturated rings. The number of ether oxygens (including phenoxy) is 1. The van der Waals surface area contributed by atoms with E-state index in [9.17, 15) is 22.4 Å². The Bertz CT molecular complexity index is 644. The van der Waals surface area contributed by atoms with E-state index in [0.717, 1.165) is 6.07 Å². The summed E-state index contributed by atoms with van der Waals surface area (Å²) >= 11 is 0. The molecule has 9 heteroatoms. The summed E-state index contributed by atoms with van der Waals surface area (Å²) in [7, 11) is 0. The molecule has 0 atom stereocenters.